The van der Waals surface area contributed by atoms with Gasteiger partial charge in [0.15, 0.2) is 5.16 Å². The van der Waals surface area contributed by atoms with Crippen LogP contribution in [0.15, 0.2) is 45.7 Å². The maximum absolute atomic E-state index is 12.6. The molecule has 10 heteroatoms. The molecule has 0 unspecified atom stereocenters. The molecule has 0 bridgehead atoms. The number of anilines is 1. The van der Waals surface area contributed by atoms with Crippen LogP contribution in [0, 0.1) is 0 Å². The third kappa shape index (κ3) is 4.84. The highest BCUT2D eigenvalue weighted by Gasteiger charge is 2.16. The molecule has 1 amide bonds. The first-order valence-electron chi connectivity index (χ1n) is 8.82. The molecule has 1 aromatic carbocycles. The van der Waals surface area contributed by atoms with Gasteiger partial charge in [0.1, 0.15) is 4.70 Å². The van der Waals surface area contributed by atoms with Crippen molar-refractivity contribution < 1.29 is 19.4 Å². The van der Waals surface area contributed by atoms with Gasteiger partial charge >= 0.3 is 5.97 Å². The predicted molar refractivity (Wildman–Crippen MR) is 113 cm³/mol. The summed E-state index contributed by atoms with van der Waals surface area (Å²) < 4.78 is 6.88. The molecule has 2 heterocycles. The van der Waals surface area contributed by atoms with Crippen LogP contribution in [0.3, 0.4) is 0 Å². The highest BCUT2D eigenvalue weighted by atomic mass is 32.2. The fraction of sp³-hybridized carbons (Fsp3) is 0.263. The molecular weight excluding hydrogens is 414 g/mol. The number of nitrogens with zero attached hydrogens (tertiary/aromatic N) is 2. The highest BCUT2D eigenvalue weighted by Crippen LogP contribution is 2.22. The zero-order valence-corrected chi connectivity index (χ0v) is 17.2. The lowest BCUT2D eigenvalue weighted by atomic mass is 10.2. The number of fused-ring (bicyclic) bond motifs is 1. The van der Waals surface area contributed by atoms with Gasteiger partial charge in [-0.1, -0.05) is 23.9 Å². The second kappa shape index (κ2) is 9.68. The van der Waals surface area contributed by atoms with E-state index in [1.54, 1.807) is 42.6 Å². The van der Waals surface area contributed by atoms with Crippen LogP contribution in [-0.4, -0.2) is 45.5 Å². The van der Waals surface area contributed by atoms with Crippen molar-refractivity contribution in [1.29, 1.82) is 0 Å². The van der Waals surface area contributed by atoms with Crippen molar-refractivity contribution >= 4 is 50.9 Å². The van der Waals surface area contributed by atoms with E-state index in [0.717, 1.165) is 11.8 Å². The van der Waals surface area contributed by atoms with Gasteiger partial charge in [-0.3, -0.25) is 14.2 Å². The molecule has 0 radical (unpaired) electrons. The number of aromatic nitrogens is 2. The van der Waals surface area contributed by atoms with Crippen molar-refractivity contribution in [3.63, 3.8) is 0 Å². The van der Waals surface area contributed by atoms with Crippen molar-refractivity contribution in [2.75, 3.05) is 24.3 Å². The Morgan fingerprint density at radius 2 is 2.10 bits per heavy atom. The number of amides is 1. The van der Waals surface area contributed by atoms with E-state index < -0.39 is 5.97 Å². The number of carbonyl (C=O) groups excluding carboxylic acids is 2. The van der Waals surface area contributed by atoms with Crippen LogP contribution >= 0.6 is 23.1 Å². The quantitative estimate of drug-likeness (QED) is 0.319. The summed E-state index contributed by atoms with van der Waals surface area (Å²) in [7, 11) is 0. The molecule has 152 valence electrons. The maximum atomic E-state index is 12.6. The molecule has 29 heavy (non-hydrogen) atoms. The molecule has 0 fully saturated rings. The third-order valence-corrected chi connectivity index (χ3v) is 5.75. The summed E-state index contributed by atoms with van der Waals surface area (Å²) in [6.07, 6.45) is 0. The first-order chi connectivity index (χ1) is 14.0. The lowest BCUT2D eigenvalue weighted by Gasteiger charge is -2.12. The predicted octanol–water partition coefficient (Wildman–Crippen LogP) is 2.36. The number of ether oxygens (including phenoxy) is 1. The van der Waals surface area contributed by atoms with Gasteiger partial charge in [-0.25, -0.2) is 9.78 Å². The second-order valence-corrected chi connectivity index (χ2v) is 7.67. The number of nitrogens with one attached hydrogen (secondary N) is 1. The Kier molecular flexibility index (Phi) is 7.02. The Morgan fingerprint density at radius 3 is 2.86 bits per heavy atom. The second-order valence-electron chi connectivity index (χ2n) is 5.81. The molecule has 0 atom stereocenters. The summed E-state index contributed by atoms with van der Waals surface area (Å²) in [4.78, 5) is 41.5. The normalized spacial score (nSPS) is 10.8. The molecule has 0 saturated carbocycles. The van der Waals surface area contributed by atoms with Gasteiger partial charge in [-0.05, 0) is 30.5 Å². The molecule has 3 rings (SSSR count). The molecule has 8 nitrogen and oxygen atoms in total. The van der Waals surface area contributed by atoms with Crippen LogP contribution < -0.4 is 10.9 Å². The number of rotatable bonds is 8. The van der Waals surface area contributed by atoms with E-state index in [0.29, 0.717) is 21.1 Å². The summed E-state index contributed by atoms with van der Waals surface area (Å²) in [5.74, 6) is -0.899. The lowest BCUT2D eigenvalue weighted by Crippen LogP contribution is -2.25. The van der Waals surface area contributed by atoms with E-state index in [1.807, 2.05) is 0 Å². The fourth-order valence-corrected chi connectivity index (χ4v) is 4.23. The molecule has 0 aliphatic heterocycles. The number of carbonyl (C=O) groups is 2. The molecular formula is C19H19N3O5S2. The Morgan fingerprint density at radius 1 is 1.31 bits per heavy atom. The van der Waals surface area contributed by atoms with Crippen LogP contribution in [0.25, 0.3) is 10.2 Å². The number of hydrogen-bond donors (Lipinski definition) is 2. The molecule has 2 N–H and O–H groups in total. The summed E-state index contributed by atoms with van der Waals surface area (Å²) in [5, 5.41) is 14.1. The molecule has 0 spiro atoms. The minimum absolute atomic E-state index is 0.0231. The lowest BCUT2D eigenvalue weighted by molar-refractivity contribution is -0.113. The Bertz CT molecular complexity index is 1090. The van der Waals surface area contributed by atoms with E-state index in [1.165, 1.54) is 15.9 Å². The van der Waals surface area contributed by atoms with Gasteiger partial charge in [-0.2, -0.15) is 0 Å². The zero-order valence-electron chi connectivity index (χ0n) is 15.6. The smallest absolute Gasteiger partial charge is 0.340 e. The van der Waals surface area contributed by atoms with E-state index in [2.05, 4.69) is 10.3 Å². The molecule has 0 aliphatic carbocycles. The first-order valence-corrected chi connectivity index (χ1v) is 10.7. The number of hydrogen-bond acceptors (Lipinski definition) is 8. The SMILES string of the molecule is CCOC(=O)c1ccccc1NC(=O)CSc1nc2ccsc2c(=O)n1CCO. The van der Waals surface area contributed by atoms with Crippen molar-refractivity contribution in [1.82, 2.24) is 9.55 Å². The third-order valence-electron chi connectivity index (χ3n) is 3.88. The van der Waals surface area contributed by atoms with Crippen LogP contribution in [-0.2, 0) is 16.1 Å². The van der Waals surface area contributed by atoms with Crippen LogP contribution in [0.2, 0.25) is 0 Å². The average Bonchev–Trinajstić information content (AvgIpc) is 3.18. The summed E-state index contributed by atoms with van der Waals surface area (Å²) in [6, 6.07) is 8.32. The van der Waals surface area contributed by atoms with Gasteiger partial charge in [0.25, 0.3) is 5.56 Å². The van der Waals surface area contributed by atoms with Gasteiger partial charge in [0, 0.05) is 0 Å². The summed E-state index contributed by atoms with van der Waals surface area (Å²) >= 11 is 2.38. The average molecular weight is 434 g/mol. The number of para-hydroxylation sites is 1. The fourth-order valence-electron chi connectivity index (χ4n) is 2.63. The van der Waals surface area contributed by atoms with Crippen LogP contribution in [0.1, 0.15) is 17.3 Å². The van der Waals surface area contributed by atoms with Crippen molar-refractivity contribution in [3.8, 4) is 0 Å². The van der Waals surface area contributed by atoms with Crippen molar-refractivity contribution in [3.05, 3.63) is 51.6 Å². The van der Waals surface area contributed by atoms with E-state index in [-0.39, 0.29) is 42.5 Å². The van der Waals surface area contributed by atoms with E-state index in [4.69, 9.17) is 4.74 Å². The number of benzene rings is 1. The Balaban J connectivity index is 1.76. The highest BCUT2D eigenvalue weighted by molar-refractivity contribution is 7.99. The van der Waals surface area contributed by atoms with Crippen molar-refractivity contribution in [2.45, 2.75) is 18.6 Å². The van der Waals surface area contributed by atoms with Crippen molar-refractivity contribution in [2.24, 2.45) is 0 Å². The van der Waals surface area contributed by atoms with E-state index in [9.17, 15) is 19.5 Å². The summed E-state index contributed by atoms with van der Waals surface area (Å²) in [5.41, 5.74) is 0.938. The van der Waals surface area contributed by atoms with Gasteiger partial charge in [0.2, 0.25) is 5.91 Å². The summed E-state index contributed by atoms with van der Waals surface area (Å²) in [6.45, 7) is 1.81. The van der Waals surface area contributed by atoms with E-state index >= 15 is 0 Å². The number of aliphatic hydroxyl groups is 1. The molecule has 0 saturated heterocycles. The van der Waals surface area contributed by atoms with Crippen LogP contribution in [0.5, 0.6) is 0 Å². The van der Waals surface area contributed by atoms with Gasteiger partial charge in [0.05, 0.1) is 42.3 Å². The largest absolute Gasteiger partial charge is 0.462 e. The maximum Gasteiger partial charge on any atom is 0.340 e. The number of thiophene rings is 1. The van der Waals surface area contributed by atoms with Gasteiger partial charge < -0.3 is 15.2 Å². The number of esters is 1. The molecule has 0 aliphatic rings. The zero-order chi connectivity index (χ0) is 20.8. The Labute approximate surface area is 174 Å². The molecule has 2 aromatic heterocycles. The minimum atomic E-state index is -0.516. The standard InChI is InChI=1S/C19H19N3O5S2/c1-2-27-18(26)12-5-3-4-6-13(12)20-15(24)11-29-19-21-14-7-10-28-16(14)17(25)22(19)8-9-23/h3-7,10,23H,2,8-9,11H2,1H3,(H,20,24). The number of aliphatic hydroxyl groups excluding tert-OH is 1. The van der Waals surface area contributed by atoms with Crippen LogP contribution in [0.4, 0.5) is 5.69 Å². The monoisotopic (exact) mass is 433 g/mol. The first kappa shape index (κ1) is 21.0. The minimum Gasteiger partial charge on any atom is -0.462 e. The Hall–Kier alpha value is -2.69. The molecule has 3 aromatic rings. The van der Waals surface area contributed by atoms with Gasteiger partial charge in [-0.15, -0.1) is 11.3 Å². The number of thioether (sulfide) groups is 1. The topological polar surface area (TPSA) is 111 Å².